The van der Waals surface area contributed by atoms with Crippen molar-refractivity contribution in [3.8, 4) is 0 Å². The van der Waals surface area contributed by atoms with Gasteiger partial charge in [-0.3, -0.25) is 9.59 Å². The van der Waals surface area contributed by atoms with Gasteiger partial charge < -0.3 is 4.90 Å². The molecule has 6 aliphatic rings. The lowest BCUT2D eigenvalue weighted by molar-refractivity contribution is -0.138. The van der Waals surface area contributed by atoms with Crippen molar-refractivity contribution in [3.05, 3.63) is 35.6 Å². The van der Waals surface area contributed by atoms with E-state index in [9.17, 15) is 17.6 Å². The zero-order chi connectivity index (χ0) is 35.1. The summed E-state index contributed by atoms with van der Waals surface area (Å²) < 4.78 is 45.5. The van der Waals surface area contributed by atoms with Crippen LogP contribution in [0.4, 0.5) is 4.39 Å². The monoisotopic (exact) mass is 730 g/mol. The van der Waals surface area contributed by atoms with Crippen molar-refractivity contribution in [2.45, 2.75) is 176 Å². The van der Waals surface area contributed by atoms with Crippen LogP contribution in [0.5, 0.6) is 0 Å². The molecule has 6 unspecified atom stereocenters. The van der Waals surface area contributed by atoms with E-state index in [1.165, 1.54) is 69.2 Å². The number of sulfonamides is 1. The highest BCUT2D eigenvalue weighted by Gasteiger charge is 2.68. The number of likely N-dealkylation sites (tertiary alicyclic amines) is 1. The summed E-state index contributed by atoms with van der Waals surface area (Å²) in [6, 6.07) is 5.97. The molecule has 2 aliphatic heterocycles. The normalized spacial score (nSPS) is 35.1. The second-order valence-corrected chi connectivity index (χ2v) is 20.1. The lowest BCUT2D eigenvalue weighted by atomic mass is 9.60. The van der Waals surface area contributed by atoms with Crippen molar-refractivity contribution in [2.75, 3.05) is 0 Å². The van der Waals surface area contributed by atoms with E-state index in [0.717, 1.165) is 64.2 Å². The van der Waals surface area contributed by atoms with Gasteiger partial charge in [-0.1, -0.05) is 82.4 Å². The van der Waals surface area contributed by atoms with E-state index in [1.54, 1.807) is 11.8 Å². The SMILES string of the molecule is CC1SC(N2C(=O)C(C(=O)c3ccc(F)cc3)C3CCC(S(=O)(=O)NC4(C)CC4)CC32C2CCCCCCC2)NN1C1CCCCCCCC1. The lowest BCUT2D eigenvalue weighted by Crippen LogP contribution is -2.64. The number of rotatable bonds is 8. The van der Waals surface area contributed by atoms with Gasteiger partial charge in [0, 0.05) is 23.1 Å². The number of hydrazine groups is 1. The van der Waals surface area contributed by atoms with Crippen LogP contribution in [-0.4, -0.2) is 63.3 Å². The van der Waals surface area contributed by atoms with Crippen molar-refractivity contribution in [2.24, 2.45) is 17.8 Å². The van der Waals surface area contributed by atoms with Gasteiger partial charge in [-0.05, 0) is 102 Å². The summed E-state index contributed by atoms with van der Waals surface area (Å²) in [5.41, 5.74) is 2.66. The van der Waals surface area contributed by atoms with Gasteiger partial charge >= 0.3 is 0 Å². The first kappa shape index (κ1) is 36.8. The van der Waals surface area contributed by atoms with Crippen LogP contribution < -0.4 is 10.1 Å². The number of thioether (sulfide) groups is 1. The largest absolute Gasteiger partial charge is 0.310 e. The number of amides is 1. The van der Waals surface area contributed by atoms with Crippen LogP contribution in [-0.2, 0) is 14.8 Å². The lowest BCUT2D eigenvalue weighted by Gasteiger charge is -2.54. The van der Waals surface area contributed by atoms with E-state index in [1.807, 2.05) is 11.8 Å². The molecule has 50 heavy (non-hydrogen) atoms. The number of ketones is 1. The first-order chi connectivity index (χ1) is 24.0. The van der Waals surface area contributed by atoms with Crippen LogP contribution in [0.2, 0.25) is 0 Å². The summed E-state index contributed by atoms with van der Waals surface area (Å²) in [4.78, 5) is 31.9. The maximum Gasteiger partial charge on any atom is 0.236 e. The molecule has 2 saturated heterocycles. The van der Waals surface area contributed by atoms with Gasteiger partial charge in [0.1, 0.15) is 17.2 Å². The Bertz CT molecular complexity index is 1470. The fourth-order valence-corrected chi connectivity index (χ4v) is 13.8. The van der Waals surface area contributed by atoms with E-state index in [2.05, 4.69) is 22.1 Å². The summed E-state index contributed by atoms with van der Waals surface area (Å²) in [6.07, 6.45) is 20.1. The molecule has 4 saturated carbocycles. The standard InChI is InChI=1S/C39H59FN4O4S2/c1-27-44(31-16-12-8-3-4-9-13-17-31)41-37(49-27)43-36(46)34(35(45)28-18-20-30(40)21-19-28)33-23-22-32(50(47,48)42-38(2)24-25-38)26-39(33,43)29-14-10-6-5-7-11-15-29/h18-21,27,29,31-34,37,41-42H,3-17,22-26H2,1-2H3. The highest BCUT2D eigenvalue weighted by Crippen LogP contribution is 2.59. The van der Waals surface area contributed by atoms with Crippen molar-refractivity contribution in [1.29, 1.82) is 0 Å². The molecular formula is C39H59FN4O4S2. The van der Waals surface area contributed by atoms with E-state index < -0.39 is 32.5 Å². The Balaban J connectivity index is 1.30. The van der Waals surface area contributed by atoms with Crippen LogP contribution in [0.3, 0.4) is 0 Å². The predicted molar refractivity (Wildman–Crippen MR) is 197 cm³/mol. The van der Waals surface area contributed by atoms with Crippen molar-refractivity contribution >= 4 is 33.5 Å². The molecule has 6 fully saturated rings. The Hall–Kier alpha value is -1.53. The van der Waals surface area contributed by atoms with E-state index in [0.29, 0.717) is 30.9 Å². The molecule has 0 aromatic heterocycles. The van der Waals surface area contributed by atoms with Gasteiger partial charge in [-0.2, -0.15) is 0 Å². The number of benzene rings is 1. The van der Waals surface area contributed by atoms with Gasteiger partial charge in [0.25, 0.3) is 0 Å². The third-order valence-corrected chi connectivity index (χ3v) is 16.6. The maximum absolute atomic E-state index is 15.3. The van der Waals surface area contributed by atoms with E-state index in [4.69, 9.17) is 0 Å². The molecule has 278 valence electrons. The number of halogens is 1. The van der Waals surface area contributed by atoms with Crippen LogP contribution in [0.25, 0.3) is 0 Å². The molecule has 7 rings (SSSR count). The number of hydrogen-bond donors (Lipinski definition) is 2. The zero-order valence-corrected chi connectivity index (χ0v) is 31.8. The molecule has 2 N–H and O–H groups in total. The Morgan fingerprint density at radius 1 is 0.880 bits per heavy atom. The van der Waals surface area contributed by atoms with E-state index in [-0.39, 0.29) is 39.9 Å². The first-order valence-electron chi connectivity index (χ1n) is 19.9. The van der Waals surface area contributed by atoms with Gasteiger partial charge in [0.15, 0.2) is 5.78 Å². The number of carbonyl (C=O) groups excluding carboxylic acids is 2. The van der Waals surface area contributed by atoms with Crippen LogP contribution in [0.1, 0.15) is 153 Å². The number of hydrogen-bond acceptors (Lipinski definition) is 7. The molecule has 11 heteroatoms. The molecule has 0 bridgehead atoms. The number of nitrogens with one attached hydrogen (secondary N) is 2. The minimum Gasteiger partial charge on any atom is -0.310 e. The number of fused-ring (bicyclic) bond motifs is 1. The zero-order valence-electron chi connectivity index (χ0n) is 30.2. The third-order valence-electron chi connectivity index (χ3n) is 13.3. The Morgan fingerprint density at radius 2 is 1.46 bits per heavy atom. The van der Waals surface area contributed by atoms with Gasteiger partial charge in [0.05, 0.1) is 16.2 Å². The third kappa shape index (κ3) is 7.33. The second-order valence-electron chi connectivity index (χ2n) is 16.8. The molecule has 2 heterocycles. The number of carbonyl (C=O) groups is 2. The van der Waals surface area contributed by atoms with Gasteiger partial charge in [-0.25, -0.2) is 28.0 Å². The first-order valence-corrected chi connectivity index (χ1v) is 22.4. The smallest absolute Gasteiger partial charge is 0.236 e. The molecule has 1 aromatic carbocycles. The quantitative estimate of drug-likeness (QED) is 0.207. The number of Topliss-reactive ketones (excluding diaryl/α,β-unsaturated/α-hetero) is 1. The summed E-state index contributed by atoms with van der Waals surface area (Å²) >= 11 is 1.75. The topological polar surface area (TPSA) is 98.8 Å². The molecule has 6 atom stereocenters. The predicted octanol–water partition coefficient (Wildman–Crippen LogP) is 7.89. The number of nitrogens with zero attached hydrogens (tertiary/aromatic N) is 2. The molecule has 1 amide bonds. The fourth-order valence-electron chi connectivity index (χ4n) is 10.4. The average Bonchev–Trinajstić information content (AvgIpc) is 3.51. The van der Waals surface area contributed by atoms with E-state index >= 15 is 4.79 Å². The van der Waals surface area contributed by atoms with Gasteiger partial charge in [-0.15, -0.1) is 0 Å². The van der Waals surface area contributed by atoms with Crippen molar-refractivity contribution < 1.29 is 22.4 Å². The maximum atomic E-state index is 15.3. The highest BCUT2D eigenvalue weighted by molar-refractivity contribution is 8.00. The Kier molecular flexibility index (Phi) is 11.1. The molecule has 0 radical (unpaired) electrons. The molecule has 0 spiro atoms. The minimum atomic E-state index is -3.67. The Morgan fingerprint density at radius 3 is 2.06 bits per heavy atom. The Labute approximate surface area is 303 Å². The molecule has 1 aromatic rings. The summed E-state index contributed by atoms with van der Waals surface area (Å²) in [7, 11) is -3.67. The average molecular weight is 731 g/mol. The van der Waals surface area contributed by atoms with Gasteiger partial charge in [0.2, 0.25) is 15.9 Å². The van der Waals surface area contributed by atoms with Crippen LogP contribution >= 0.6 is 11.8 Å². The summed E-state index contributed by atoms with van der Waals surface area (Å²) in [6.45, 7) is 4.20. The van der Waals surface area contributed by atoms with Crippen LogP contribution in [0, 0.1) is 23.6 Å². The molecule has 4 aliphatic carbocycles. The fraction of sp³-hybridized carbons (Fsp3) is 0.795. The second kappa shape index (κ2) is 15.1. The highest BCUT2D eigenvalue weighted by atomic mass is 32.2. The van der Waals surface area contributed by atoms with Crippen molar-refractivity contribution in [3.63, 3.8) is 0 Å². The van der Waals surface area contributed by atoms with Crippen molar-refractivity contribution in [1.82, 2.24) is 20.1 Å². The minimum absolute atomic E-state index is 0.0916. The molecule has 8 nitrogen and oxygen atoms in total. The summed E-state index contributed by atoms with van der Waals surface area (Å²) in [5.74, 6) is -1.99. The van der Waals surface area contributed by atoms with Crippen LogP contribution in [0.15, 0.2) is 24.3 Å². The summed E-state index contributed by atoms with van der Waals surface area (Å²) in [5, 5.41) is 1.89. The molecular weight excluding hydrogens is 672 g/mol.